The third-order valence-electron chi connectivity index (χ3n) is 2.45. The van der Waals surface area contributed by atoms with E-state index in [1.165, 1.54) is 0 Å². The summed E-state index contributed by atoms with van der Waals surface area (Å²) in [6.07, 6.45) is 0.269. The zero-order valence-electron chi connectivity index (χ0n) is 9.86. The zero-order chi connectivity index (χ0) is 13.8. The van der Waals surface area contributed by atoms with Crippen LogP contribution in [0, 0.1) is 23.0 Å². The predicted octanol–water partition coefficient (Wildman–Crippen LogP) is 3.41. The van der Waals surface area contributed by atoms with Crippen molar-refractivity contribution in [3.05, 3.63) is 53.6 Å². The molecule has 0 aliphatic carbocycles. The van der Waals surface area contributed by atoms with Crippen molar-refractivity contribution in [1.82, 2.24) is 0 Å². The highest BCUT2D eigenvalue weighted by atomic mass is 19.1. The molecule has 0 radical (unpaired) electrons. The van der Waals surface area contributed by atoms with Crippen LogP contribution in [-0.2, 0) is 6.42 Å². The van der Waals surface area contributed by atoms with Crippen LogP contribution in [0.25, 0.3) is 0 Å². The average molecular weight is 260 g/mol. The lowest BCUT2D eigenvalue weighted by Gasteiger charge is -2.08. The van der Waals surface area contributed by atoms with Crippen molar-refractivity contribution in [1.29, 1.82) is 5.26 Å². The molecule has 2 aromatic rings. The summed E-state index contributed by atoms with van der Waals surface area (Å²) in [7, 11) is 0. The molecule has 0 saturated carbocycles. The monoisotopic (exact) mass is 260 g/mol. The van der Waals surface area contributed by atoms with Crippen molar-refractivity contribution in [2.45, 2.75) is 6.42 Å². The molecule has 2 rings (SSSR count). The van der Waals surface area contributed by atoms with Gasteiger partial charge in [-0.1, -0.05) is 12.1 Å². The van der Waals surface area contributed by atoms with Crippen LogP contribution in [0.4, 0.5) is 14.5 Å². The van der Waals surface area contributed by atoms with E-state index in [9.17, 15) is 8.78 Å². The third kappa shape index (κ3) is 2.99. The molecule has 5 heteroatoms. The molecule has 0 aromatic heterocycles. The van der Waals surface area contributed by atoms with E-state index in [0.29, 0.717) is 0 Å². The molecule has 3 nitrogen and oxygen atoms in total. The van der Waals surface area contributed by atoms with Gasteiger partial charge < -0.3 is 10.5 Å². The first kappa shape index (κ1) is 12.8. The Bertz CT molecular complexity index is 610. The number of hydrogen-bond donors (Lipinski definition) is 1. The van der Waals surface area contributed by atoms with Crippen molar-refractivity contribution in [3.8, 4) is 17.6 Å². The smallest absolute Gasteiger partial charge is 0.198 e. The van der Waals surface area contributed by atoms with Gasteiger partial charge in [0.05, 0.1) is 12.5 Å². The number of nitrogens with two attached hydrogens (primary N) is 1. The van der Waals surface area contributed by atoms with Gasteiger partial charge in [0.25, 0.3) is 0 Å². The van der Waals surface area contributed by atoms with E-state index in [0.717, 1.165) is 17.7 Å². The van der Waals surface area contributed by atoms with E-state index in [4.69, 9.17) is 15.7 Å². The molecule has 0 atom stereocenters. The molecule has 19 heavy (non-hydrogen) atoms. The number of anilines is 1. The van der Waals surface area contributed by atoms with Gasteiger partial charge in [0.1, 0.15) is 5.75 Å². The van der Waals surface area contributed by atoms with Crippen LogP contribution in [-0.4, -0.2) is 0 Å². The van der Waals surface area contributed by atoms with Crippen molar-refractivity contribution < 1.29 is 13.5 Å². The first-order chi connectivity index (χ1) is 9.10. The maximum Gasteiger partial charge on any atom is 0.198 e. The maximum absolute atomic E-state index is 13.5. The number of nitrogens with zero attached hydrogens (tertiary/aromatic N) is 1. The van der Waals surface area contributed by atoms with Crippen LogP contribution in [0.2, 0.25) is 0 Å². The minimum absolute atomic E-state index is 0.00767. The van der Waals surface area contributed by atoms with Crippen molar-refractivity contribution in [3.63, 3.8) is 0 Å². The highest BCUT2D eigenvalue weighted by molar-refractivity contribution is 5.45. The number of ether oxygens (including phenoxy) is 1. The van der Waals surface area contributed by atoms with Gasteiger partial charge in [0, 0.05) is 17.8 Å². The van der Waals surface area contributed by atoms with E-state index in [1.807, 2.05) is 6.07 Å². The van der Waals surface area contributed by atoms with Crippen molar-refractivity contribution in [2.75, 3.05) is 5.73 Å². The Hall–Kier alpha value is -2.61. The van der Waals surface area contributed by atoms with Gasteiger partial charge in [0.15, 0.2) is 17.4 Å². The van der Waals surface area contributed by atoms with Crippen LogP contribution in [0.15, 0.2) is 36.4 Å². The number of benzene rings is 2. The van der Waals surface area contributed by atoms with Crippen molar-refractivity contribution in [2.24, 2.45) is 0 Å². The molecule has 0 bridgehead atoms. The van der Waals surface area contributed by atoms with Crippen LogP contribution < -0.4 is 10.5 Å². The Kier molecular flexibility index (Phi) is 3.62. The van der Waals surface area contributed by atoms with Crippen LogP contribution in [0.5, 0.6) is 11.5 Å². The fourth-order valence-corrected chi connectivity index (χ4v) is 1.56. The van der Waals surface area contributed by atoms with Gasteiger partial charge in [-0.15, -0.1) is 0 Å². The Morgan fingerprint density at radius 3 is 2.21 bits per heavy atom. The topological polar surface area (TPSA) is 59.0 Å². The lowest BCUT2D eigenvalue weighted by molar-refractivity contribution is 0.408. The molecule has 0 fully saturated rings. The summed E-state index contributed by atoms with van der Waals surface area (Å²) in [6.45, 7) is 0. The Morgan fingerprint density at radius 1 is 1.11 bits per heavy atom. The van der Waals surface area contributed by atoms with Gasteiger partial charge in [-0.3, -0.25) is 0 Å². The lowest BCUT2D eigenvalue weighted by atomic mass is 10.2. The van der Waals surface area contributed by atoms with Gasteiger partial charge in [-0.05, 0) is 17.7 Å². The second-order valence-corrected chi connectivity index (χ2v) is 3.89. The van der Waals surface area contributed by atoms with Gasteiger partial charge >= 0.3 is 0 Å². The molecule has 0 unspecified atom stereocenters. The second-order valence-electron chi connectivity index (χ2n) is 3.89. The van der Waals surface area contributed by atoms with Gasteiger partial charge in [-0.2, -0.15) is 5.26 Å². The molecule has 0 saturated heterocycles. The molecule has 0 amide bonds. The summed E-state index contributed by atoms with van der Waals surface area (Å²) in [4.78, 5) is 0. The van der Waals surface area contributed by atoms with Crippen LogP contribution >= 0.6 is 0 Å². The minimum atomic E-state index is -0.862. The van der Waals surface area contributed by atoms with E-state index in [1.54, 1.807) is 24.3 Å². The van der Waals surface area contributed by atoms with E-state index >= 15 is 0 Å². The highest BCUT2D eigenvalue weighted by Gasteiger charge is 2.12. The second kappa shape index (κ2) is 5.36. The van der Waals surface area contributed by atoms with E-state index < -0.39 is 17.4 Å². The molecule has 2 N–H and O–H groups in total. The summed E-state index contributed by atoms with van der Waals surface area (Å²) in [5.41, 5.74) is 6.10. The molecule has 0 aliphatic heterocycles. The lowest BCUT2D eigenvalue weighted by Crippen LogP contribution is -1.96. The highest BCUT2D eigenvalue weighted by Crippen LogP contribution is 2.29. The quantitative estimate of drug-likeness (QED) is 0.860. The summed E-state index contributed by atoms with van der Waals surface area (Å²) in [6, 6.07) is 10.4. The largest absolute Gasteiger partial charge is 0.451 e. The Balaban J connectivity index is 2.24. The number of nitriles is 1. The third-order valence-corrected chi connectivity index (χ3v) is 2.45. The predicted molar refractivity (Wildman–Crippen MR) is 66.6 cm³/mol. The first-order valence-corrected chi connectivity index (χ1v) is 5.48. The maximum atomic E-state index is 13.5. The molecular weight excluding hydrogens is 250 g/mol. The molecular formula is C14H10F2N2O. The summed E-state index contributed by atoms with van der Waals surface area (Å²) >= 11 is 0. The normalized spacial score (nSPS) is 9.95. The first-order valence-electron chi connectivity index (χ1n) is 5.48. The fraction of sp³-hybridized carbons (Fsp3) is 0.0714. The zero-order valence-corrected chi connectivity index (χ0v) is 9.86. The van der Waals surface area contributed by atoms with Gasteiger partial charge in [-0.25, -0.2) is 8.78 Å². The van der Waals surface area contributed by atoms with Crippen molar-refractivity contribution >= 4 is 5.69 Å². The number of nitrogen functional groups attached to an aromatic ring is 1. The number of hydrogen-bond acceptors (Lipinski definition) is 3. The molecule has 2 aromatic carbocycles. The molecule has 0 aliphatic rings. The molecule has 0 heterocycles. The average Bonchev–Trinajstić information content (AvgIpc) is 2.36. The number of halogens is 2. The summed E-state index contributed by atoms with van der Waals surface area (Å²) < 4.78 is 32.2. The Labute approximate surface area is 108 Å². The van der Waals surface area contributed by atoms with Crippen LogP contribution in [0.1, 0.15) is 5.56 Å². The van der Waals surface area contributed by atoms with Gasteiger partial charge in [0.2, 0.25) is 0 Å². The summed E-state index contributed by atoms with van der Waals surface area (Å²) in [5, 5.41) is 8.53. The summed E-state index contributed by atoms with van der Waals surface area (Å²) in [5.74, 6) is -1.94. The SMILES string of the molecule is N#CCc1ccc(Oc2c(F)cc(N)cc2F)cc1. The Morgan fingerprint density at radius 2 is 1.68 bits per heavy atom. The standard InChI is InChI=1S/C14H10F2N2O/c15-12-7-10(18)8-13(16)14(12)19-11-3-1-9(2-4-11)5-6-17/h1-4,7-8H,5,18H2. The van der Waals surface area contributed by atoms with E-state index in [-0.39, 0.29) is 17.9 Å². The number of rotatable bonds is 3. The van der Waals surface area contributed by atoms with Crippen LogP contribution in [0.3, 0.4) is 0 Å². The molecule has 96 valence electrons. The van der Waals surface area contributed by atoms with E-state index in [2.05, 4.69) is 0 Å². The molecule has 0 spiro atoms. The minimum Gasteiger partial charge on any atom is -0.451 e. The fourth-order valence-electron chi connectivity index (χ4n) is 1.56.